The molecule has 0 radical (unpaired) electrons. The number of aryl methyl sites for hydroxylation is 1. The van der Waals surface area contributed by atoms with Gasteiger partial charge in [-0.05, 0) is 61.8 Å². The molecule has 0 aromatic heterocycles. The SMILES string of the molecule is Cc1cc(N)cc(NC2CCC(C)(C)CC2)c1. The Morgan fingerprint density at radius 3 is 2.41 bits per heavy atom. The van der Waals surface area contributed by atoms with Crippen molar-refractivity contribution in [1.29, 1.82) is 0 Å². The summed E-state index contributed by atoms with van der Waals surface area (Å²) in [7, 11) is 0. The van der Waals surface area contributed by atoms with Gasteiger partial charge in [0.15, 0.2) is 0 Å². The molecule has 0 saturated heterocycles. The molecule has 0 atom stereocenters. The number of nitrogens with two attached hydrogens (primary N) is 1. The van der Waals surface area contributed by atoms with Gasteiger partial charge in [-0.1, -0.05) is 13.8 Å². The van der Waals surface area contributed by atoms with E-state index in [1.165, 1.54) is 36.9 Å². The van der Waals surface area contributed by atoms with Crippen LogP contribution in [0.2, 0.25) is 0 Å². The summed E-state index contributed by atoms with van der Waals surface area (Å²) in [6.45, 7) is 6.83. The van der Waals surface area contributed by atoms with E-state index in [0.717, 1.165) is 5.69 Å². The van der Waals surface area contributed by atoms with Crippen molar-refractivity contribution in [3.8, 4) is 0 Å². The van der Waals surface area contributed by atoms with Crippen molar-refractivity contribution >= 4 is 11.4 Å². The highest BCUT2D eigenvalue weighted by atomic mass is 14.9. The molecule has 0 aliphatic heterocycles. The van der Waals surface area contributed by atoms with Gasteiger partial charge in [-0.15, -0.1) is 0 Å². The number of anilines is 2. The predicted molar refractivity (Wildman–Crippen MR) is 75.3 cm³/mol. The van der Waals surface area contributed by atoms with Crippen LogP contribution in [-0.2, 0) is 0 Å². The number of hydrogen-bond donors (Lipinski definition) is 2. The molecule has 0 unspecified atom stereocenters. The second-order valence-electron chi connectivity index (χ2n) is 6.22. The third kappa shape index (κ3) is 3.39. The van der Waals surface area contributed by atoms with E-state index in [9.17, 15) is 0 Å². The summed E-state index contributed by atoms with van der Waals surface area (Å²) in [6, 6.07) is 6.84. The molecule has 1 saturated carbocycles. The molecule has 2 rings (SSSR count). The van der Waals surface area contributed by atoms with Gasteiger partial charge in [0.1, 0.15) is 0 Å². The topological polar surface area (TPSA) is 38.0 Å². The first-order valence-electron chi connectivity index (χ1n) is 6.58. The molecule has 17 heavy (non-hydrogen) atoms. The third-order valence-electron chi connectivity index (χ3n) is 3.81. The van der Waals surface area contributed by atoms with Crippen molar-refractivity contribution < 1.29 is 0 Å². The molecule has 2 heteroatoms. The van der Waals surface area contributed by atoms with E-state index in [-0.39, 0.29) is 0 Å². The van der Waals surface area contributed by atoms with Crippen molar-refractivity contribution in [2.24, 2.45) is 5.41 Å². The van der Waals surface area contributed by atoms with Gasteiger partial charge < -0.3 is 11.1 Å². The monoisotopic (exact) mass is 232 g/mol. The van der Waals surface area contributed by atoms with Crippen molar-refractivity contribution in [2.45, 2.75) is 52.5 Å². The van der Waals surface area contributed by atoms with Crippen LogP contribution in [0.3, 0.4) is 0 Å². The lowest BCUT2D eigenvalue weighted by Gasteiger charge is -2.35. The summed E-state index contributed by atoms with van der Waals surface area (Å²) >= 11 is 0. The van der Waals surface area contributed by atoms with Crippen molar-refractivity contribution in [1.82, 2.24) is 0 Å². The molecule has 0 bridgehead atoms. The molecule has 0 spiro atoms. The Hall–Kier alpha value is -1.18. The number of benzene rings is 1. The quantitative estimate of drug-likeness (QED) is 0.757. The fourth-order valence-corrected chi connectivity index (χ4v) is 2.68. The number of rotatable bonds is 2. The molecule has 3 N–H and O–H groups in total. The molecule has 1 aliphatic rings. The maximum absolute atomic E-state index is 5.87. The lowest BCUT2D eigenvalue weighted by atomic mass is 9.75. The molecule has 1 aromatic rings. The van der Waals surface area contributed by atoms with E-state index in [1.807, 2.05) is 12.1 Å². The van der Waals surface area contributed by atoms with Crippen molar-refractivity contribution in [3.05, 3.63) is 23.8 Å². The van der Waals surface area contributed by atoms with Crippen LogP contribution in [0.15, 0.2) is 18.2 Å². The fourth-order valence-electron chi connectivity index (χ4n) is 2.68. The van der Waals surface area contributed by atoms with E-state index in [0.29, 0.717) is 11.5 Å². The minimum atomic E-state index is 0.532. The molecular formula is C15H24N2. The number of nitrogen functional groups attached to an aromatic ring is 1. The van der Waals surface area contributed by atoms with E-state index >= 15 is 0 Å². The van der Waals surface area contributed by atoms with Gasteiger partial charge in [0.2, 0.25) is 0 Å². The molecular weight excluding hydrogens is 208 g/mol. The zero-order valence-corrected chi connectivity index (χ0v) is 11.2. The first-order valence-corrected chi connectivity index (χ1v) is 6.58. The second-order valence-corrected chi connectivity index (χ2v) is 6.22. The maximum Gasteiger partial charge on any atom is 0.0365 e. The zero-order chi connectivity index (χ0) is 12.5. The minimum absolute atomic E-state index is 0.532. The van der Waals surface area contributed by atoms with Crippen molar-refractivity contribution in [3.63, 3.8) is 0 Å². The predicted octanol–water partition coefficient (Wildman–Crippen LogP) is 3.96. The maximum atomic E-state index is 5.87. The Labute approximate surface area is 105 Å². The highest BCUT2D eigenvalue weighted by Crippen LogP contribution is 2.36. The van der Waals surface area contributed by atoms with Crippen LogP contribution >= 0.6 is 0 Å². The van der Waals surface area contributed by atoms with Crippen LogP contribution in [0.25, 0.3) is 0 Å². The summed E-state index contributed by atoms with van der Waals surface area (Å²) in [5, 5.41) is 3.62. The third-order valence-corrected chi connectivity index (χ3v) is 3.81. The zero-order valence-electron chi connectivity index (χ0n) is 11.2. The van der Waals surface area contributed by atoms with E-state index in [4.69, 9.17) is 5.73 Å². The Kier molecular flexibility index (Phi) is 3.32. The first-order chi connectivity index (χ1) is 7.94. The van der Waals surface area contributed by atoms with Gasteiger partial charge in [-0.2, -0.15) is 0 Å². The van der Waals surface area contributed by atoms with Gasteiger partial charge in [-0.3, -0.25) is 0 Å². The summed E-state index contributed by atoms with van der Waals surface area (Å²) in [4.78, 5) is 0. The highest BCUT2D eigenvalue weighted by molar-refractivity contribution is 5.57. The summed E-state index contributed by atoms with van der Waals surface area (Å²) < 4.78 is 0. The Morgan fingerprint density at radius 1 is 1.18 bits per heavy atom. The second kappa shape index (κ2) is 4.59. The average molecular weight is 232 g/mol. The summed E-state index contributed by atoms with van der Waals surface area (Å²) in [5.41, 5.74) is 9.65. The standard InChI is InChI=1S/C15H24N2/c1-11-8-12(16)10-14(9-11)17-13-4-6-15(2,3)7-5-13/h8-10,13,17H,4-7,16H2,1-3H3. The molecule has 2 nitrogen and oxygen atoms in total. The lowest BCUT2D eigenvalue weighted by molar-refractivity contribution is 0.232. The molecule has 0 heterocycles. The molecule has 1 aromatic carbocycles. The van der Waals surface area contributed by atoms with Gasteiger partial charge in [-0.25, -0.2) is 0 Å². The smallest absolute Gasteiger partial charge is 0.0365 e. The normalized spacial score (nSPS) is 20.2. The van der Waals surface area contributed by atoms with Crippen LogP contribution in [-0.4, -0.2) is 6.04 Å². The van der Waals surface area contributed by atoms with Crippen LogP contribution in [0.5, 0.6) is 0 Å². The van der Waals surface area contributed by atoms with Crippen LogP contribution in [0, 0.1) is 12.3 Å². The molecule has 0 amide bonds. The van der Waals surface area contributed by atoms with Crippen LogP contribution < -0.4 is 11.1 Å². The molecule has 94 valence electrons. The largest absolute Gasteiger partial charge is 0.399 e. The van der Waals surface area contributed by atoms with Gasteiger partial charge in [0.25, 0.3) is 0 Å². The van der Waals surface area contributed by atoms with Gasteiger partial charge >= 0.3 is 0 Å². The van der Waals surface area contributed by atoms with Crippen LogP contribution in [0.1, 0.15) is 45.1 Å². The van der Waals surface area contributed by atoms with Crippen LogP contribution in [0.4, 0.5) is 11.4 Å². The van der Waals surface area contributed by atoms with Crippen molar-refractivity contribution in [2.75, 3.05) is 11.1 Å². The van der Waals surface area contributed by atoms with Gasteiger partial charge in [0, 0.05) is 17.4 Å². The van der Waals surface area contributed by atoms with Gasteiger partial charge in [0.05, 0.1) is 0 Å². The lowest BCUT2D eigenvalue weighted by Crippen LogP contribution is -2.29. The Bertz CT molecular complexity index is 366. The van der Waals surface area contributed by atoms with E-state index in [1.54, 1.807) is 0 Å². The first kappa shape index (κ1) is 12.3. The van der Waals surface area contributed by atoms with E-state index in [2.05, 4.69) is 32.2 Å². The molecule has 1 fully saturated rings. The fraction of sp³-hybridized carbons (Fsp3) is 0.600. The number of nitrogens with one attached hydrogen (secondary N) is 1. The Morgan fingerprint density at radius 2 is 1.82 bits per heavy atom. The Balaban J connectivity index is 1.97. The number of hydrogen-bond acceptors (Lipinski definition) is 2. The summed E-state index contributed by atoms with van der Waals surface area (Å²) in [5.74, 6) is 0. The van der Waals surface area contributed by atoms with E-state index < -0.39 is 0 Å². The molecule has 1 aliphatic carbocycles. The average Bonchev–Trinajstić information content (AvgIpc) is 2.20. The minimum Gasteiger partial charge on any atom is -0.399 e. The highest BCUT2D eigenvalue weighted by Gasteiger charge is 2.26. The summed E-state index contributed by atoms with van der Waals surface area (Å²) in [6.07, 6.45) is 5.15.